The van der Waals surface area contributed by atoms with Crippen molar-refractivity contribution in [3.8, 4) is 6.07 Å². The van der Waals surface area contributed by atoms with Crippen LogP contribution in [0.3, 0.4) is 0 Å². The maximum atomic E-state index is 8.77. The summed E-state index contributed by atoms with van der Waals surface area (Å²) < 4.78 is 0. The molecule has 1 N–H and O–H groups in total. The molecule has 2 nitrogen and oxygen atoms in total. The topological polar surface area (TPSA) is 35.8 Å². The molecule has 2 rings (SSSR count). The van der Waals surface area contributed by atoms with E-state index in [9.17, 15) is 0 Å². The van der Waals surface area contributed by atoms with Crippen LogP contribution in [0.1, 0.15) is 41.9 Å². The van der Waals surface area contributed by atoms with Gasteiger partial charge in [-0.1, -0.05) is 18.2 Å². The highest BCUT2D eigenvalue weighted by Gasteiger charge is 2.11. The van der Waals surface area contributed by atoms with Gasteiger partial charge < -0.3 is 5.32 Å². The van der Waals surface area contributed by atoms with Crippen molar-refractivity contribution in [2.45, 2.75) is 25.9 Å². The smallest absolute Gasteiger partial charge is 0.0991 e. The number of hydrogen-bond donors (Lipinski definition) is 1. The molecule has 2 aromatic rings. The molecule has 0 spiro atoms. The Morgan fingerprint density at radius 2 is 1.83 bits per heavy atom. The summed E-state index contributed by atoms with van der Waals surface area (Å²) in [4.78, 5) is 1.34. The maximum absolute atomic E-state index is 8.77. The van der Waals surface area contributed by atoms with Crippen molar-refractivity contribution in [3.05, 3.63) is 57.8 Å². The van der Waals surface area contributed by atoms with Crippen LogP contribution in [-0.2, 0) is 0 Å². The highest BCUT2D eigenvalue weighted by Crippen LogP contribution is 2.22. The van der Waals surface area contributed by atoms with Crippen LogP contribution in [0, 0.1) is 11.3 Å². The third-order valence-corrected chi connectivity index (χ3v) is 4.06. The summed E-state index contributed by atoms with van der Waals surface area (Å²) in [5.41, 5.74) is 1.91. The van der Waals surface area contributed by atoms with Crippen molar-refractivity contribution in [2.75, 3.05) is 0 Å². The number of nitriles is 1. The summed E-state index contributed by atoms with van der Waals surface area (Å²) in [6.07, 6.45) is 0. The lowest BCUT2D eigenvalue weighted by Gasteiger charge is -2.19. The molecule has 0 bridgehead atoms. The van der Waals surface area contributed by atoms with Crippen LogP contribution in [0.2, 0.25) is 0 Å². The Morgan fingerprint density at radius 1 is 1.11 bits per heavy atom. The molecular formula is C15H16N2S. The highest BCUT2D eigenvalue weighted by atomic mass is 32.1. The molecule has 0 aliphatic rings. The first kappa shape index (κ1) is 12.8. The molecular weight excluding hydrogens is 240 g/mol. The third-order valence-electron chi connectivity index (χ3n) is 3.01. The first-order valence-corrected chi connectivity index (χ1v) is 6.88. The van der Waals surface area contributed by atoms with E-state index in [0.29, 0.717) is 11.6 Å². The Morgan fingerprint density at radius 3 is 2.39 bits per heavy atom. The van der Waals surface area contributed by atoms with Gasteiger partial charge in [0.2, 0.25) is 0 Å². The average molecular weight is 256 g/mol. The average Bonchev–Trinajstić information content (AvgIpc) is 2.92. The van der Waals surface area contributed by atoms with E-state index in [-0.39, 0.29) is 6.04 Å². The second-order valence-corrected chi connectivity index (χ2v) is 5.34. The van der Waals surface area contributed by atoms with Crippen LogP contribution in [0.5, 0.6) is 0 Å². The van der Waals surface area contributed by atoms with E-state index >= 15 is 0 Å². The van der Waals surface area contributed by atoms with E-state index in [4.69, 9.17) is 5.26 Å². The lowest BCUT2D eigenvalue weighted by atomic mass is 10.1. The molecule has 0 aliphatic carbocycles. The minimum atomic E-state index is 0.273. The number of thiophene rings is 1. The maximum Gasteiger partial charge on any atom is 0.0991 e. The molecule has 0 saturated carbocycles. The molecule has 1 heterocycles. The van der Waals surface area contributed by atoms with E-state index < -0.39 is 0 Å². The van der Waals surface area contributed by atoms with Crippen LogP contribution in [-0.4, -0.2) is 0 Å². The van der Waals surface area contributed by atoms with E-state index in [2.05, 4.69) is 42.7 Å². The number of hydrogen-bond acceptors (Lipinski definition) is 3. The van der Waals surface area contributed by atoms with Gasteiger partial charge in [-0.3, -0.25) is 0 Å². The van der Waals surface area contributed by atoms with Gasteiger partial charge in [-0.25, -0.2) is 0 Å². The molecule has 0 fully saturated rings. The second kappa shape index (κ2) is 5.81. The van der Waals surface area contributed by atoms with Crippen molar-refractivity contribution in [2.24, 2.45) is 0 Å². The zero-order valence-corrected chi connectivity index (χ0v) is 11.4. The summed E-state index contributed by atoms with van der Waals surface area (Å²) >= 11 is 1.77. The van der Waals surface area contributed by atoms with E-state index in [1.165, 1.54) is 10.4 Å². The number of nitrogens with one attached hydrogen (secondary N) is 1. The zero-order valence-electron chi connectivity index (χ0n) is 10.6. The van der Waals surface area contributed by atoms with Crippen LogP contribution in [0.15, 0.2) is 41.8 Å². The van der Waals surface area contributed by atoms with Gasteiger partial charge in [0, 0.05) is 17.0 Å². The first-order chi connectivity index (χ1) is 8.70. The summed E-state index contributed by atoms with van der Waals surface area (Å²) in [7, 11) is 0. The molecule has 92 valence electrons. The normalized spacial score (nSPS) is 13.8. The van der Waals surface area contributed by atoms with Gasteiger partial charge in [0.25, 0.3) is 0 Å². The minimum absolute atomic E-state index is 0.273. The standard InChI is InChI=1S/C15H16N2S/c1-11(14-7-5-13(10-16)6-8-14)17-12(2)15-4-3-9-18-15/h3-9,11-12,17H,1-2H3/t11?,12-/m1/s1. The number of nitrogens with zero attached hydrogens (tertiary/aromatic N) is 1. The Labute approximate surface area is 112 Å². The van der Waals surface area contributed by atoms with Crippen molar-refractivity contribution >= 4 is 11.3 Å². The van der Waals surface area contributed by atoms with E-state index in [1.54, 1.807) is 11.3 Å². The fourth-order valence-electron chi connectivity index (χ4n) is 1.94. The van der Waals surface area contributed by atoms with Crippen molar-refractivity contribution in [1.29, 1.82) is 5.26 Å². The van der Waals surface area contributed by atoms with Crippen LogP contribution >= 0.6 is 11.3 Å². The Kier molecular flexibility index (Phi) is 4.14. The Balaban J connectivity index is 2.03. The summed E-state index contributed by atoms with van der Waals surface area (Å²) in [6.45, 7) is 4.32. The lowest BCUT2D eigenvalue weighted by Crippen LogP contribution is -2.21. The number of rotatable bonds is 4. The summed E-state index contributed by atoms with van der Waals surface area (Å²) in [6, 6.07) is 14.7. The molecule has 0 radical (unpaired) electrons. The monoisotopic (exact) mass is 256 g/mol. The number of benzene rings is 1. The van der Waals surface area contributed by atoms with Crippen molar-refractivity contribution < 1.29 is 0 Å². The van der Waals surface area contributed by atoms with Gasteiger partial charge in [-0.2, -0.15) is 5.26 Å². The van der Waals surface area contributed by atoms with Gasteiger partial charge >= 0.3 is 0 Å². The first-order valence-electron chi connectivity index (χ1n) is 6.00. The fourth-order valence-corrected chi connectivity index (χ4v) is 2.68. The molecule has 1 aromatic carbocycles. The van der Waals surface area contributed by atoms with Gasteiger partial charge in [0.15, 0.2) is 0 Å². The molecule has 0 saturated heterocycles. The van der Waals surface area contributed by atoms with Gasteiger partial charge in [-0.15, -0.1) is 11.3 Å². The van der Waals surface area contributed by atoms with Crippen molar-refractivity contribution in [1.82, 2.24) is 5.32 Å². The predicted octanol–water partition coefficient (Wildman–Crippen LogP) is 4.03. The quantitative estimate of drug-likeness (QED) is 0.896. The molecule has 0 amide bonds. The molecule has 3 heteroatoms. The molecule has 2 atom stereocenters. The minimum Gasteiger partial charge on any atom is -0.303 e. The van der Waals surface area contributed by atoms with Crippen LogP contribution < -0.4 is 5.32 Å². The Hall–Kier alpha value is -1.63. The highest BCUT2D eigenvalue weighted by molar-refractivity contribution is 7.10. The van der Waals surface area contributed by atoms with Gasteiger partial charge in [0.05, 0.1) is 11.6 Å². The molecule has 0 aliphatic heterocycles. The molecule has 1 unspecified atom stereocenters. The molecule has 18 heavy (non-hydrogen) atoms. The van der Waals surface area contributed by atoms with Crippen LogP contribution in [0.4, 0.5) is 0 Å². The molecule has 1 aromatic heterocycles. The SMILES string of the molecule is CC(N[C@H](C)c1cccs1)c1ccc(C#N)cc1. The fraction of sp³-hybridized carbons (Fsp3) is 0.267. The predicted molar refractivity (Wildman–Crippen MR) is 75.4 cm³/mol. The second-order valence-electron chi connectivity index (χ2n) is 4.36. The lowest BCUT2D eigenvalue weighted by molar-refractivity contribution is 0.500. The Bertz CT molecular complexity index is 523. The van der Waals surface area contributed by atoms with Gasteiger partial charge in [-0.05, 0) is 43.0 Å². The van der Waals surface area contributed by atoms with Crippen LogP contribution in [0.25, 0.3) is 0 Å². The van der Waals surface area contributed by atoms with E-state index in [0.717, 1.165) is 0 Å². The van der Waals surface area contributed by atoms with Crippen molar-refractivity contribution in [3.63, 3.8) is 0 Å². The summed E-state index contributed by atoms with van der Waals surface area (Å²) in [5.74, 6) is 0. The summed E-state index contributed by atoms with van der Waals surface area (Å²) in [5, 5.41) is 14.4. The zero-order chi connectivity index (χ0) is 13.0. The third kappa shape index (κ3) is 2.98. The van der Waals surface area contributed by atoms with Gasteiger partial charge in [0.1, 0.15) is 0 Å². The largest absolute Gasteiger partial charge is 0.303 e. The van der Waals surface area contributed by atoms with E-state index in [1.807, 2.05) is 24.3 Å².